The predicted octanol–water partition coefficient (Wildman–Crippen LogP) is 3.74. The van der Waals surface area contributed by atoms with Crippen LogP contribution in [-0.2, 0) is 16.0 Å². The Labute approximate surface area is 194 Å². The topological polar surface area (TPSA) is 93.7 Å². The number of hydrogen-bond donors (Lipinski definition) is 1. The van der Waals surface area contributed by atoms with E-state index in [0.29, 0.717) is 38.8 Å². The van der Waals surface area contributed by atoms with Crippen molar-refractivity contribution in [1.82, 2.24) is 15.1 Å². The summed E-state index contributed by atoms with van der Waals surface area (Å²) in [6.07, 6.45) is 3.29. The fraction of sp³-hybridized carbons (Fsp3) is 0.350. The Bertz CT molecular complexity index is 1020. The van der Waals surface area contributed by atoms with E-state index in [1.54, 1.807) is 32.4 Å². The molecule has 31 heavy (non-hydrogen) atoms. The van der Waals surface area contributed by atoms with Gasteiger partial charge in [-0.15, -0.1) is 10.2 Å². The van der Waals surface area contributed by atoms with Gasteiger partial charge in [0.15, 0.2) is 11.5 Å². The van der Waals surface area contributed by atoms with Crippen LogP contribution in [0.15, 0.2) is 23.1 Å². The Kier molecular flexibility index (Phi) is 7.99. The molecule has 11 heteroatoms. The third kappa shape index (κ3) is 5.81. The molecule has 2 amide bonds. The molecule has 0 saturated carbocycles. The lowest BCUT2D eigenvalue weighted by Crippen LogP contribution is -2.29. The van der Waals surface area contributed by atoms with Crippen molar-refractivity contribution < 1.29 is 19.1 Å². The molecule has 1 aliphatic heterocycles. The summed E-state index contributed by atoms with van der Waals surface area (Å²) in [5.41, 5.74) is 0.807. The van der Waals surface area contributed by atoms with E-state index in [1.807, 2.05) is 13.0 Å². The van der Waals surface area contributed by atoms with Crippen molar-refractivity contribution >= 4 is 62.7 Å². The van der Waals surface area contributed by atoms with Crippen LogP contribution in [0, 0.1) is 0 Å². The van der Waals surface area contributed by atoms with Crippen molar-refractivity contribution in [1.29, 1.82) is 0 Å². The molecule has 1 aliphatic rings. The van der Waals surface area contributed by atoms with Crippen molar-refractivity contribution in [2.45, 2.75) is 26.2 Å². The van der Waals surface area contributed by atoms with Crippen LogP contribution in [0.2, 0.25) is 0 Å². The van der Waals surface area contributed by atoms with E-state index in [2.05, 4.69) is 15.5 Å². The van der Waals surface area contributed by atoms with Crippen molar-refractivity contribution in [3.8, 4) is 11.5 Å². The third-order valence-electron chi connectivity index (χ3n) is 4.38. The first kappa shape index (κ1) is 23.2. The van der Waals surface area contributed by atoms with Gasteiger partial charge in [-0.25, -0.2) is 0 Å². The van der Waals surface area contributed by atoms with E-state index in [4.69, 9.17) is 21.7 Å². The summed E-state index contributed by atoms with van der Waals surface area (Å²) in [6, 6.07) is 5.42. The molecular formula is C20H22N4O4S3. The zero-order valence-corrected chi connectivity index (χ0v) is 19.8. The molecule has 3 rings (SSSR count). The van der Waals surface area contributed by atoms with Crippen LogP contribution in [0.3, 0.4) is 0 Å². The number of hydrogen-bond acceptors (Lipinski definition) is 9. The Hall–Kier alpha value is -2.50. The van der Waals surface area contributed by atoms with Gasteiger partial charge in [-0.05, 0) is 36.6 Å². The van der Waals surface area contributed by atoms with Gasteiger partial charge in [0.2, 0.25) is 11.0 Å². The molecule has 164 valence electrons. The van der Waals surface area contributed by atoms with Crippen molar-refractivity contribution in [2.24, 2.45) is 0 Å². The smallest absolute Gasteiger partial charge is 0.266 e. The second-order valence-corrected chi connectivity index (χ2v) is 9.19. The van der Waals surface area contributed by atoms with Crippen LogP contribution >= 0.6 is 35.3 Å². The average Bonchev–Trinajstić information content (AvgIpc) is 3.32. The van der Waals surface area contributed by atoms with Crippen LogP contribution < -0.4 is 14.8 Å². The Balaban J connectivity index is 1.56. The maximum Gasteiger partial charge on any atom is 0.266 e. The molecule has 0 spiro atoms. The molecule has 1 aromatic heterocycles. The number of carbonyl (C=O) groups is 2. The molecule has 0 aliphatic carbocycles. The zero-order chi connectivity index (χ0) is 22.4. The standard InChI is InChI=1S/C20H22N4O4S3/c1-4-17-22-23-19(31-17)21-16(25)6-5-9-24-18(26)15(30-20(24)29)11-12-7-8-13(27-2)14(10-12)28-3/h7-8,10-11H,4-6,9H2,1-3H3,(H,21,23,25)/b15-11+. The molecular weight excluding hydrogens is 456 g/mol. The van der Waals surface area contributed by atoms with Gasteiger partial charge in [-0.3, -0.25) is 14.5 Å². The minimum atomic E-state index is -0.165. The van der Waals surface area contributed by atoms with Crippen molar-refractivity contribution in [3.05, 3.63) is 33.7 Å². The lowest BCUT2D eigenvalue weighted by Gasteiger charge is -2.13. The fourth-order valence-electron chi connectivity index (χ4n) is 2.81. The first-order valence-corrected chi connectivity index (χ1v) is 11.6. The molecule has 0 atom stereocenters. The summed E-state index contributed by atoms with van der Waals surface area (Å²) < 4.78 is 11.0. The number of benzene rings is 1. The minimum absolute atomic E-state index is 0.162. The van der Waals surface area contributed by atoms with Gasteiger partial charge in [0, 0.05) is 13.0 Å². The Morgan fingerprint density at radius 3 is 2.71 bits per heavy atom. The van der Waals surface area contributed by atoms with Gasteiger partial charge in [-0.1, -0.05) is 48.3 Å². The van der Waals surface area contributed by atoms with E-state index >= 15 is 0 Å². The molecule has 1 fully saturated rings. The molecule has 2 aromatic rings. The average molecular weight is 479 g/mol. The monoisotopic (exact) mass is 478 g/mol. The zero-order valence-electron chi connectivity index (χ0n) is 17.3. The minimum Gasteiger partial charge on any atom is -0.493 e. The van der Waals surface area contributed by atoms with Gasteiger partial charge in [0.05, 0.1) is 19.1 Å². The van der Waals surface area contributed by atoms with Crippen LogP contribution in [0.25, 0.3) is 6.08 Å². The maximum absolute atomic E-state index is 12.8. The number of aryl methyl sites for hydroxylation is 1. The second-order valence-electron chi connectivity index (χ2n) is 6.45. The maximum atomic E-state index is 12.8. The molecule has 1 aromatic carbocycles. The SMILES string of the molecule is CCc1nnc(NC(=O)CCCN2C(=O)/C(=C\c3ccc(OC)c(OC)c3)SC2=S)s1. The number of ether oxygens (including phenoxy) is 2. The van der Waals surface area contributed by atoms with Gasteiger partial charge in [0.25, 0.3) is 5.91 Å². The summed E-state index contributed by atoms with van der Waals surface area (Å²) in [6.45, 7) is 2.35. The number of nitrogens with one attached hydrogen (secondary N) is 1. The van der Waals surface area contributed by atoms with Gasteiger partial charge in [0.1, 0.15) is 9.33 Å². The largest absolute Gasteiger partial charge is 0.493 e. The number of nitrogens with zero attached hydrogens (tertiary/aromatic N) is 3. The second kappa shape index (κ2) is 10.7. The predicted molar refractivity (Wildman–Crippen MR) is 127 cm³/mol. The highest BCUT2D eigenvalue weighted by Crippen LogP contribution is 2.34. The number of carbonyl (C=O) groups excluding carboxylic acids is 2. The quantitative estimate of drug-likeness (QED) is 0.430. The summed E-state index contributed by atoms with van der Waals surface area (Å²) in [5, 5.41) is 12.0. The number of amides is 2. The van der Waals surface area contributed by atoms with E-state index in [1.165, 1.54) is 28.0 Å². The van der Waals surface area contributed by atoms with E-state index in [0.717, 1.165) is 17.0 Å². The van der Waals surface area contributed by atoms with E-state index in [9.17, 15) is 9.59 Å². The highest BCUT2D eigenvalue weighted by atomic mass is 32.2. The van der Waals surface area contributed by atoms with Crippen LogP contribution in [-0.4, -0.2) is 52.0 Å². The van der Waals surface area contributed by atoms with E-state index < -0.39 is 0 Å². The summed E-state index contributed by atoms with van der Waals surface area (Å²) in [5.74, 6) is 0.871. The van der Waals surface area contributed by atoms with Crippen molar-refractivity contribution in [2.75, 3.05) is 26.1 Å². The van der Waals surface area contributed by atoms with Gasteiger partial charge < -0.3 is 14.8 Å². The Morgan fingerprint density at radius 1 is 1.26 bits per heavy atom. The fourth-order valence-corrected chi connectivity index (χ4v) is 4.82. The first-order chi connectivity index (χ1) is 14.9. The normalized spacial score (nSPS) is 14.9. The van der Waals surface area contributed by atoms with E-state index in [-0.39, 0.29) is 18.2 Å². The first-order valence-electron chi connectivity index (χ1n) is 9.54. The number of methoxy groups -OCH3 is 2. The summed E-state index contributed by atoms with van der Waals surface area (Å²) in [4.78, 5) is 27.0. The van der Waals surface area contributed by atoms with Crippen LogP contribution in [0.4, 0.5) is 5.13 Å². The molecule has 0 bridgehead atoms. The van der Waals surface area contributed by atoms with Crippen LogP contribution in [0.5, 0.6) is 11.5 Å². The lowest BCUT2D eigenvalue weighted by atomic mass is 10.2. The number of thioether (sulfide) groups is 1. The third-order valence-corrected chi connectivity index (χ3v) is 6.74. The number of thiocarbonyl (C=S) groups is 1. The lowest BCUT2D eigenvalue weighted by molar-refractivity contribution is -0.122. The van der Waals surface area contributed by atoms with Crippen molar-refractivity contribution in [3.63, 3.8) is 0 Å². The molecule has 8 nitrogen and oxygen atoms in total. The molecule has 0 radical (unpaired) electrons. The molecule has 2 heterocycles. The summed E-state index contributed by atoms with van der Waals surface area (Å²) in [7, 11) is 3.13. The molecule has 1 N–H and O–H groups in total. The molecule has 0 unspecified atom stereocenters. The number of anilines is 1. The highest BCUT2D eigenvalue weighted by molar-refractivity contribution is 8.26. The Morgan fingerprint density at radius 2 is 2.03 bits per heavy atom. The van der Waals surface area contributed by atoms with Gasteiger partial charge >= 0.3 is 0 Å². The highest BCUT2D eigenvalue weighted by Gasteiger charge is 2.31. The number of aromatic nitrogens is 2. The number of rotatable bonds is 9. The molecule has 1 saturated heterocycles. The summed E-state index contributed by atoms with van der Waals surface area (Å²) >= 11 is 7.97. The van der Waals surface area contributed by atoms with Crippen LogP contribution in [0.1, 0.15) is 30.3 Å². The van der Waals surface area contributed by atoms with Gasteiger partial charge in [-0.2, -0.15) is 0 Å².